The van der Waals surface area contributed by atoms with E-state index in [0.29, 0.717) is 36.9 Å². The van der Waals surface area contributed by atoms with E-state index in [-0.39, 0.29) is 12.0 Å². The zero-order chi connectivity index (χ0) is 25.5. The number of benzene rings is 1. The van der Waals surface area contributed by atoms with Crippen LogP contribution in [0.5, 0.6) is 0 Å². The van der Waals surface area contributed by atoms with Gasteiger partial charge in [-0.15, -0.1) is 0 Å². The summed E-state index contributed by atoms with van der Waals surface area (Å²) in [6, 6.07) is 10.3. The van der Waals surface area contributed by atoms with Crippen molar-refractivity contribution in [2.45, 2.75) is 62.1 Å². The van der Waals surface area contributed by atoms with E-state index in [1.54, 1.807) is 0 Å². The number of likely N-dealkylation sites (tertiary alicyclic amines) is 1. The maximum atomic E-state index is 12.8. The Morgan fingerprint density at radius 2 is 1.86 bits per heavy atom. The molecule has 0 aliphatic carbocycles. The van der Waals surface area contributed by atoms with Gasteiger partial charge in [0.1, 0.15) is 28.4 Å². The van der Waals surface area contributed by atoms with Crippen molar-refractivity contribution in [1.29, 1.82) is 0 Å². The van der Waals surface area contributed by atoms with E-state index in [1.165, 1.54) is 0 Å². The summed E-state index contributed by atoms with van der Waals surface area (Å²) in [5.74, 6) is 3.93. The highest BCUT2D eigenvalue weighted by Gasteiger charge is 2.32. The van der Waals surface area contributed by atoms with Crippen LogP contribution >= 0.6 is 0 Å². The van der Waals surface area contributed by atoms with Crippen LogP contribution in [0.1, 0.15) is 48.9 Å². The summed E-state index contributed by atoms with van der Waals surface area (Å²) in [4.78, 5) is 19.6. The first-order chi connectivity index (χ1) is 18.0. The molecule has 0 radical (unpaired) electrons. The zero-order valence-electron chi connectivity index (χ0n) is 21.4. The number of aliphatic hydroxyl groups excluding tert-OH is 1. The molecule has 0 saturated carbocycles. The molecule has 2 fully saturated rings. The molecule has 2 saturated heterocycles. The number of piperidine rings is 2. The molecule has 5 heterocycles. The predicted octanol–water partition coefficient (Wildman–Crippen LogP) is 3.31. The first-order valence-electron chi connectivity index (χ1n) is 13.2. The Morgan fingerprint density at radius 3 is 2.62 bits per heavy atom. The number of hydrogen-bond acceptors (Lipinski definition) is 9. The van der Waals surface area contributed by atoms with Crippen molar-refractivity contribution in [1.82, 2.24) is 19.9 Å². The Bertz CT molecular complexity index is 1290. The number of rotatable bonds is 5. The number of anilines is 2. The Balaban J connectivity index is 1.18. The molecular weight excluding hydrogens is 488 g/mol. The minimum atomic E-state index is -1.08. The summed E-state index contributed by atoms with van der Waals surface area (Å²) in [5.41, 5.74) is 2.90. The van der Waals surface area contributed by atoms with Crippen LogP contribution in [0.25, 0.3) is 11.3 Å². The summed E-state index contributed by atoms with van der Waals surface area (Å²) in [5, 5.41) is 13.6. The van der Waals surface area contributed by atoms with Crippen LogP contribution < -0.4 is 10.2 Å². The van der Waals surface area contributed by atoms with Crippen molar-refractivity contribution >= 4 is 22.6 Å². The van der Waals surface area contributed by atoms with E-state index in [0.717, 1.165) is 65.8 Å². The number of fused-ring (bicyclic) bond motifs is 1. The number of nitrogens with one attached hydrogen (secondary N) is 1. The molecular formula is C27H34N6O3S. The van der Waals surface area contributed by atoms with Gasteiger partial charge in [0, 0.05) is 49.3 Å². The molecule has 0 spiro atoms. The fourth-order valence-corrected chi connectivity index (χ4v) is 6.96. The number of aromatic nitrogens is 3. The summed E-state index contributed by atoms with van der Waals surface area (Å²) >= 11 is 0. The third-order valence-corrected chi connectivity index (χ3v) is 9.25. The average Bonchev–Trinajstić information content (AvgIpc) is 3.49. The minimum absolute atomic E-state index is 0.149. The quantitative estimate of drug-likeness (QED) is 0.522. The largest absolute Gasteiger partial charge is 0.445 e. The minimum Gasteiger partial charge on any atom is -0.445 e. The van der Waals surface area contributed by atoms with Gasteiger partial charge in [0.25, 0.3) is 0 Å². The zero-order valence-corrected chi connectivity index (χ0v) is 22.2. The number of hydrogen-bond donors (Lipinski definition) is 2. The van der Waals surface area contributed by atoms with Crippen LogP contribution in [0.4, 0.5) is 11.8 Å². The van der Waals surface area contributed by atoms with E-state index in [1.807, 2.05) is 37.1 Å². The van der Waals surface area contributed by atoms with E-state index in [2.05, 4.69) is 22.3 Å². The molecule has 1 aromatic carbocycles. The monoisotopic (exact) mass is 522 g/mol. The van der Waals surface area contributed by atoms with Crippen molar-refractivity contribution in [3.8, 4) is 11.3 Å². The molecule has 2 aromatic heterocycles. The van der Waals surface area contributed by atoms with Gasteiger partial charge >= 0.3 is 0 Å². The van der Waals surface area contributed by atoms with Crippen LogP contribution in [0.2, 0.25) is 0 Å². The Labute approximate surface area is 219 Å². The molecule has 0 amide bonds. The maximum absolute atomic E-state index is 12.8. The van der Waals surface area contributed by atoms with Gasteiger partial charge in [-0.3, -0.25) is 9.11 Å². The lowest BCUT2D eigenvalue weighted by molar-refractivity contribution is -0.00958. The molecule has 196 valence electrons. The third kappa shape index (κ3) is 4.89. The van der Waals surface area contributed by atoms with Gasteiger partial charge in [-0.05, 0) is 39.7 Å². The molecule has 37 heavy (non-hydrogen) atoms. The highest BCUT2D eigenvalue weighted by molar-refractivity contribution is 7.85. The van der Waals surface area contributed by atoms with Crippen LogP contribution in [0, 0.1) is 6.92 Å². The standard InChI is InChI=1S/C27H34N6O3S/c1-17-23(18-6-4-3-5-7-18)30-26(36-17)19-10-13-33(14-11-19)27-29-21-12-15-37(35)24(21)25(31-27)28-20-8-9-22(34)32(2)16-20/h3-7,19-20,22,34H,8-16H2,1-2H3,(H,28,29,31)/t20-,22?,37?/m0/s1. The number of aliphatic hydroxyl groups is 1. The van der Waals surface area contributed by atoms with Crippen LogP contribution in [-0.4, -0.2) is 73.9 Å². The van der Waals surface area contributed by atoms with E-state index >= 15 is 0 Å². The lowest BCUT2D eigenvalue weighted by Gasteiger charge is -2.35. The maximum Gasteiger partial charge on any atom is 0.227 e. The smallest absolute Gasteiger partial charge is 0.227 e. The predicted molar refractivity (Wildman–Crippen MR) is 143 cm³/mol. The molecule has 6 rings (SSSR count). The van der Waals surface area contributed by atoms with E-state index in [4.69, 9.17) is 19.4 Å². The van der Waals surface area contributed by atoms with Gasteiger partial charge in [0.2, 0.25) is 5.95 Å². The Hall–Kier alpha value is -2.82. The topological polar surface area (TPSA) is 108 Å². The summed E-state index contributed by atoms with van der Waals surface area (Å²) < 4.78 is 18.9. The van der Waals surface area contributed by atoms with Gasteiger partial charge in [-0.1, -0.05) is 30.3 Å². The molecule has 0 bridgehead atoms. The summed E-state index contributed by atoms with van der Waals surface area (Å²) in [7, 11) is 0.847. The molecule has 3 aromatic rings. The van der Waals surface area contributed by atoms with Gasteiger partial charge in [0.05, 0.1) is 16.5 Å². The molecule has 2 N–H and O–H groups in total. The molecule has 3 aliphatic heterocycles. The average molecular weight is 523 g/mol. The first kappa shape index (κ1) is 24.5. The molecule has 9 nitrogen and oxygen atoms in total. The van der Waals surface area contributed by atoms with Crippen molar-refractivity contribution in [3.63, 3.8) is 0 Å². The normalized spacial score (nSPS) is 24.8. The van der Waals surface area contributed by atoms with Crippen molar-refractivity contribution < 1.29 is 13.7 Å². The van der Waals surface area contributed by atoms with Gasteiger partial charge in [-0.2, -0.15) is 4.98 Å². The third-order valence-electron chi connectivity index (χ3n) is 7.79. The second-order valence-electron chi connectivity index (χ2n) is 10.4. The second-order valence-corrected chi connectivity index (χ2v) is 11.9. The molecule has 3 aliphatic rings. The number of aryl methyl sites for hydroxylation is 2. The van der Waals surface area contributed by atoms with Crippen molar-refractivity contribution in [3.05, 3.63) is 47.7 Å². The van der Waals surface area contributed by atoms with Gasteiger partial charge in [-0.25, -0.2) is 9.97 Å². The lowest BCUT2D eigenvalue weighted by Crippen LogP contribution is -2.46. The summed E-state index contributed by atoms with van der Waals surface area (Å²) in [6.45, 7) is 4.32. The van der Waals surface area contributed by atoms with Crippen molar-refractivity contribution in [2.75, 3.05) is 42.7 Å². The lowest BCUT2D eigenvalue weighted by atomic mass is 9.97. The number of likely N-dealkylation sites (N-methyl/N-ethyl adjacent to an activating group) is 1. The van der Waals surface area contributed by atoms with Crippen LogP contribution in [0.3, 0.4) is 0 Å². The SMILES string of the molecule is Cc1oc(C2CCN(c3nc4c(c(N[C@H]5CCC(O)N(C)C5)n3)S(=O)CC4)CC2)nc1-c1ccccc1. The summed E-state index contributed by atoms with van der Waals surface area (Å²) in [6.07, 6.45) is 3.68. The van der Waals surface area contributed by atoms with Crippen LogP contribution in [-0.2, 0) is 17.2 Å². The van der Waals surface area contributed by atoms with Gasteiger partial charge in [0.15, 0.2) is 5.89 Å². The number of nitrogens with zero attached hydrogens (tertiary/aromatic N) is 5. The molecule has 2 unspecified atom stereocenters. The Morgan fingerprint density at radius 1 is 1.08 bits per heavy atom. The highest BCUT2D eigenvalue weighted by atomic mass is 32.2. The number of oxazole rings is 1. The highest BCUT2D eigenvalue weighted by Crippen LogP contribution is 2.35. The molecule has 3 atom stereocenters. The van der Waals surface area contributed by atoms with Crippen molar-refractivity contribution in [2.24, 2.45) is 0 Å². The van der Waals surface area contributed by atoms with Gasteiger partial charge < -0.3 is 19.7 Å². The van der Waals surface area contributed by atoms with E-state index in [9.17, 15) is 9.32 Å². The van der Waals surface area contributed by atoms with E-state index < -0.39 is 17.0 Å². The fourth-order valence-electron chi connectivity index (χ4n) is 5.65. The van der Waals surface area contributed by atoms with Crippen LogP contribution in [0.15, 0.2) is 39.6 Å². The second kappa shape index (κ2) is 10.2. The Kier molecular flexibility index (Phi) is 6.73. The molecule has 10 heteroatoms. The fraction of sp³-hybridized carbons (Fsp3) is 0.519. The first-order valence-corrected chi connectivity index (χ1v) is 14.5.